The number of halogens is 1. The number of amides is 1. The predicted molar refractivity (Wildman–Crippen MR) is 85.8 cm³/mol. The molecular weight excluding hydrogens is 362 g/mol. The zero-order chi connectivity index (χ0) is 14.8. The molecule has 0 saturated carbocycles. The third-order valence-corrected chi connectivity index (χ3v) is 7.25. The Morgan fingerprint density at radius 3 is 2.80 bits per heavy atom. The summed E-state index contributed by atoms with van der Waals surface area (Å²) in [4.78, 5) is 14.1. The van der Waals surface area contributed by atoms with Gasteiger partial charge < -0.3 is 4.90 Å². The summed E-state index contributed by atoms with van der Waals surface area (Å²) >= 11 is 4.93. The van der Waals surface area contributed by atoms with Gasteiger partial charge in [0.1, 0.15) is 5.37 Å². The fourth-order valence-corrected chi connectivity index (χ4v) is 5.51. The van der Waals surface area contributed by atoms with Crippen LogP contribution >= 0.6 is 27.7 Å². The van der Waals surface area contributed by atoms with Crippen molar-refractivity contribution in [1.82, 2.24) is 4.90 Å². The zero-order valence-electron chi connectivity index (χ0n) is 11.1. The molecule has 1 atom stereocenters. The maximum atomic E-state index is 12.6. The Bertz CT molecular complexity index is 603. The van der Waals surface area contributed by atoms with Gasteiger partial charge in [-0.05, 0) is 28.1 Å². The first-order valence-corrected chi connectivity index (χ1v) is 9.98. The van der Waals surface area contributed by atoms with Crippen LogP contribution in [0.2, 0.25) is 0 Å². The van der Waals surface area contributed by atoms with E-state index >= 15 is 0 Å². The highest BCUT2D eigenvalue weighted by molar-refractivity contribution is 9.10. The van der Waals surface area contributed by atoms with Crippen LogP contribution in [0.25, 0.3) is 0 Å². The van der Waals surface area contributed by atoms with Gasteiger partial charge in [-0.1, -0.05) is 19.1 Å². The van der Waals surface area contributed by atoms with Gasteiger partial charge in [0.05, 0.1) is 5.56 Å². The van der Waals surface area contributed by atoms with Crippen LogP contribution in [-0.4, -0.2) is 48.4 Å². The van der Waals surface area contributed by atoms with E-state index in [1.54, 1.807) is 36.9 Å². The molecule has 1 saturated heterocycles. The minimum Gasteiger partial charge on any atom is -0.320 e. The number of nitrogens with zero attached hydrogens (tertiary/aromatic N) is 1. The largest absolute Gasteiger partial charge is 0.320 e. The van der Waals surface area contributed by atoms with Crippen LogP contribution in [0.3, 0.4) is 0 Å². The maximum absolute atomic E-state index is 12.6. The average molecular weight is 378 g/mol. The molecule has 0 aromatic heterocycles. The van der Waals surface area contributed by atoms with Gasteiger partial charge in [0.2, 0.25) is 0 Å². The molecule has 0 bridgehead atoms. The van der Waals surface area contributed by atoms with Crippen LogP contribution in [0.1, 0.15) is 17.3 Å². The lowest BCUT2D eigenvalue weighted by Crippen LogP contribution is -2.50. The Labute approximate surface area is 132 Å². The Hall–Kier alpha value is -0.530. The van der Waals surface area contributed by atoms with Crippen molar-refractivity contribution in [3.63, 3.8) is 0 Å². The van der Waals surface area contributed by atoms with E-state index in [0.717, 1.165) is 5.75 Å². The van der Waals surface area contributed by atoms with Crippen LogP contribution in [0.15, 0.2) is 28.7 Å². The molecule has 0 spiro atoms. The Balaban J connectivity index is 2.34. The molecule has 1 aromatic carbocycles. The van der Waals surface area contributed by atoms with Crippen LogP contribution in [0.5, 0.6) is 0 Å². The quantitative estimate of drug-likeness (QED) is 0.811. The van der Waals surface area contributed by atoms with E-state index in [1.807, 2.05) is 6.07 Å². The van der Waals surface area contributed by atoms with Gasteiger partial charge in [-0.15, -0.1) is 0 Å². The van der Waals surface area contributed by atoms with Crippen molar-refractivity contribution in [2.75, 3.05) is 23.8 Å². The fraction of sp³-hybridized carbons (Fsp3) is 0.462. The molecule has 4 nitrogen and oxygen atoms in total. The summed E-state index contributed by atoms with van der Waals surface area (Å²) in [6.45, 7) is 2.09. The highest BCUT2D eigenvalue weighted by Crippen LogP contribution is 2.25. The molecule has 110 valence electrons. The lowest BCUT2D eigenvalue weighted by atomic mass is 10.2. The van der Waals surface area contributed by atoms with Crippen LogP contribution < -0.4 is 0 Å². The van der Waals surface area contributed by atoms with Crippen molar-refractivity contribution in [3.8, 4) is 0 Å². The molecule has 7 heteroatoms. The lowest BCUT2D eigenvalue weighted by Gasteiger charge is -2.34. The Morgan fingerprint density at radius 2 is 2.15 bits per heavy atom. The molecule has 1 heterocycles. The maximum Gasteiger partial charge on any atom is 0.256 e. The SMILES string of the molecule is CCS(=O)(=O)C1CSCCN1C(=O)c1ccccc1Br. The van der Waals surface area contributed by atoms with Crippen molar-refractivity contribution in [2.24, 2.45) is 0 Å². The molecule has 0 radical (unpaired) electrons. The van der Waals surface area contributed by atoms with Crippen molar-refractivity contribution in [2.45, 2.75) is 12.3 Å². The molecule has 0 aliphatic carbocycles. The summed E-state index contributed by atoms with van der Waals surface area (Å²) in [5.41, 5.74) is 0.510. The summed E-state index contributed by atoms with van der Waals surface area (Å²) in [7, 11) is -3.27. The highest BCUT2D eigenvalue weighted by atomic mass is 79.9. The van der Waals surface area contributed by atoms with Crippen LogP contribution in [0, 0.1) is 0 Å². The Kier molecular flexibility index (Phi) is 5.14. The van der Waals surface area contributed by atoms with Gasteiger partial charge in [0, 0.05) is 28.3 Å². The molecule has 1 amide bonds. The standard InChI is InChI=1S/C13H16BrNO3S2/c1-2-20(17,18)12-9-19-8-7-15(12)13(16)10-5-3-4-6-11(10)14/h3-6,12H,2,7-9H2,1H3. The van der Waals surface area contributed by atoms with E-state index < -0.39 is 15.2 Å². The monoisotopic (exact) mass is 377 g/mol. The number of carbonyl (C=O) groups is 1. The van der Waals surface area contributed by atoms with E-state index in [9.17, 15) is 13.2 Å². The number of sulfone groups is 1. The summed E-state index contributed by atoms with van der Waals surface area (Å²) in [6, 6.07) is 7.10. The first kappa shape index (κ1) is 15.9. The van der Waals surface area contributed by atoms with Gasteiger partial charge in [-0.25, -0.2) is 8.42 Å². The van der Waals surface area contributed by atoms with Crippen LogP contribution in [-0.2, 0) is 9.84 Å². The van der Waals surface area contributed by atoms with Crippen molar-refractivity contribution in [1.29, 1.82) is 0 Å². The normalized spacial score (nSPS) is 19.9. The third kappa shape index (κ3) is 3.20. The summed E-state index contributed by atoms with van der Waals surface area (Å²) in [5, 5.41) is -0.717. The Morgan fingerprint density at radius 1 is 1.45 bits per heavy atom. The number of thioether (sulfide) groups is 1. The molecule has 0 N–H and O–H groups in total. The zero-order valence-corrected chi connectivity index (χ0v) is 14.3. The van der Waals surface area contributed by atoms with Gasteiger partial charge in [0.25, 0.3) is 5.91 Å². The van der Waals surface area contributed by atoms with Gasteiger partial charge in [0.15, 0.2) is 9.84 Å². The summed E-state index contributed by atoms with van der Waals surface area (Å²) in [6.07, 6.45) is 0. The number of hydrogen-bond donors (Lipinski definition) is 0. The number of benzene rings is 1. The predicted octanol–water partition coefficient (Wildman–Crippen LogP) is 2.40. The minimum atomic E-state index is -3.27. The first-order chi connectivity index (χ1) is 9.47. The number of rotatable bonds is 3. The second-order valence-electron chi connectivity index (χ2n) is 4.46. The van der Waals surface area contributed by atoms with Crippen molar-refractivity contribution >= 4 is 43.4 Å². The highest BCUT2D eigenvalue weighted by Gasteiger charge is 2.36. The molecule has 2 rings (SSSR count). The molecule has 1 aliphatic heterocycles. The second kappa shape index (κ2) is 6.49. The fourth-order valence-electron chi connectivity index (χ4n) is 2.09. The summed E-state index contributed by atoms with van der Waals surface area (Å²) < 4.78 is 25.0. The molecule has 1 fully saturated rings. The first-order valence-electron chi connectivity index (χ1n) is 6.32. The third-order valence-electron chi connectivity index (χ3n) is 3.27. The smallest absolute Gasteiger partial charge is 0.256 e. The molecular formula is C13H16BrNO3S2. The summed E-state index contributed by atoms with van der Waals surface area (Å²) in [5.74, 6) is 1.05. The van der Waals surface area contributed by atoms with E-state index in [4.69, 9.17) is 0 Å². The minimum absolute atomic E-state index is 0.0535. The molecule has 1 unspecified atom stereocenters. The number of carbonyl (C=O) groups excluding carboxylic acids is 1. The van der Waals surface area contributed by atoms with E-state index in [1.165, 1.54) is 4.90 Å². The average Bonchev–Trinajstić information content (AvgIpc) is 2.47. The lowest BCUT2D eigenvalue weighted by molar-refractivity contribution is 0.0748. The molecule has 20 heavy (non-hydrogen) atoms. The van der Waals surface area contributed by atoms with Gasteiger partial charge >= 0.3 is 0 Å². The van der Waals surface area contributed by atoms with Gasteiger partial charge in [-0.2, -0.15) is 11.8 Å². The topological polar surface area (TPSA) is 54.5 Å². The molecule has 1 aliphatic rings. The number of hydrogen-bond acceptors (Lipinski definition) is 4. The van der Waals surface area contributed by atoms with Crippen molar-refractivity contribution in [3.05, 3.63) is 34.3 Å². The van der Waals surface area contributed by atoms with Gasteiger partial charge in [-0.3, -0.25) is 4.79 Å². The van der Waals surface area contributed by atoms with Crippen molar-refractivity contribution < 1.29 is 13.2 Å². The van der Waals surface area contributed by atoms with Crippen LogP contribution in [0.4, 0.5) is 0 Å². The van der Waals surface area contributed by atoms with E-state index in [-0.39, 0.29) is 11.7 Å². The van der Waals surface area contributed by atoms with E-state index in [2.05, 4.69) is 15.9 Å². The second-order valence-corrected chi connectivity index (χ2v) is 8.91. The molecule has 1 aromatic rings. The van der Waals surface area contributed by atoms with E-state index in [0.29, 0.717) is 22.3 Å².